The Morgan fingerprint density at radius 1 is 1.39 bits per heavy atom. The topological polar surface area (TPSA) is 12.0 Å². The molecule has 0 bridgehead atoms. The fraction of sp³-hybridized carbons (Fsp3) is 0.400. The molecule has 3 heteroatoms. The molecular formula is C15H21NS2. The number of aryl methyl sites for hydroxylation is 2. The van der Waals surface area contributed by atoms with E-state index in [9.17, 15) is 0 Å². The molecule has 0 aromatic heterocycles. The van der Waals surface area contributed by atoms with Crippen LogP contribution in [0.3, 0.4) is 0 Å². The number of hydrogen-bond acceptors (Lipinski definition) is 2. The van der Waals surface area contributed by atoms with Crippen LogP contribution in [0.5, 0.6) is 0 Å². The smallest absolute Gasteiger partial charge is 0.138 e. The number of thioether (sulfide) groups is 1. The van der Waals surface area contributed by atoms with Crippen LogP contribution in [-0.2, 0) is 12.8 Å². The summed E-state index contributed by atoms with van der Waals surface area (Å²) in [5, 5.41) is 3.73. The fourth-order valence-corrected chi connectivity index (χ4v) is 2.90. The van der Waals surface area contributed by atoms with Gasteiger partial charge < -0.3 is 5.32 Å². The van der Waals surface area contributed by atoms with Gasteiger partial charge in [-0.3, -0.25) is 0 Å². The number of hydrogen-bond donors (Lipinski definition) is 1. The van der Waals surface area contributed by atoms with Crippen molar-refractivity contribution < 1.29 is 0 Å². The molecule has 0 aliphatic heterocycles. The van der Waals surface area contributed by atoms with Gasteiger partial charge in [0.25, 0.3) is 0 Å². The first-order chi connectivity index (χ1) is 8.62. The Kier molecular flexibility index (Phi) is 6.44. The zero-order valence-corrected chi connectivity index (χ0v) is 13.0. The van der Waals surface area contributed by atoms with E-state index in [1.807, 2.05) is 6.08 Å². The highest BCUT2D eigenvalue weighted by Crippen LogP contribution is 2.25. The predicted octanol–water partition coefficient (Wildman–Crippen LogP) is 4.82. The van der Waals surface area contributed by atoms with Gasteiger partial charge in [-0.25, -0.2) is 0 Å². The molecule has 0 aliphatic rings. The van der Waals surface area contributed by atoms with E-state index in [-0.39, 0.29) is 0 Å². The van der Waals surface area contributed by atoms with E-state index in [0.29, 0.717) is 5.25 Å². The number of anilines is 1. The van der Waals surface area contributed by atoms with Gasteiger partial charge in [0.1, 0.15) is 4.32 Å². The maximum absolute atomic E-state index is 5.40. The van der Waals surface area contributed by atoms with Crippen LogP contribution in [0.15, 0.2) is 30.9 Å². The Balaban J connectivity index is 2.88. The molecule has 1 aromatic rings. The van der Waals surface area contributed by atoms with Crippen molar-refractivity contribution in [3.8, 4) is 0 Å². The van der Waals surface area contributed by atoms with Crippen LogP contribution < -0.4 is 5.32 Å². The number of para-hydroxylation sites is 1. The van der Waals surface area contributed by atoms with Gasteiger partial charge in [0.2, 0.25) is 0 Å². The Hall–Kier alpha value is -0.800. The van der Waals surface area contributed by atoms with Crippen LogP contribution in [0.2, 0.25) is 0 Å². The number of rotatable bonds is 5. The van der Waals surface area contributed by atoms with Crippen molar-refractivity contribution >= 4 is 34.0 Å². The second kappa shape index (κ2) is 7.59. The van der Waals surface area contributed by atoms with Crippen LogP contribution in [0.25, 0.3) is 0 Å². The van der Waals surface area contributed by atoms with Crippen molar-refractivity contribution in [3.63, 3.8) is 0 Å². The first-order valence-electron chi connectivity index (χ1n) is 6.33. The second-order valence-electron chi connectivity index (χ2n) is 4.13. The van der Waals surface area contributed by atoms with Gasteiger partial charge in [0.15, 0.2) is 0 Å². The van der Waals surface area contributed by atoms with Crippen LogP contribution in [-0.4, -0.2) is 9.57 Å². The SMILES string of the molecule is C=CC(C)SC(=S)Nc1c(CC)cccc1CC. The van der Waals surface area contributed by atoms with Gasteiger partial charge >= 0.3 is 0 Å². The molecule has 1 unspecified atom stereocenters. The molecule has 0 radical (unpaired) electrons. The van der Waals surface area contributed by atoms with E-state index in [1.165, 1.54) is 16.8 Å². The van der Waals surface area contributed by atoms with Crippen molar-refractivity contribution in [1.29, 1.82) is 0 Å². The van der Waals surface area contributed by atoms with Crippen molar-refractivity contribution in [2.45, 2.75) is 38.9 Å². The number of nitrogens with one attached hydrogen (secondary N) is 1. The molecule has 1 aromatic carbocycles. The Bertz CT molecular complexity index is 404. The zero-order chi connectivity index (χ0) is 13.5. The molecule has 1 atom stereocenters. The summed E-state index contributed by atoms with van der Waals surface area (Å²) in [6.07, 6.45) is 3.94. The fourth-order valence-electron chi connectivity index (χ4n) is 1.75. The summed E-state index contributed by atoms with van der Waals surface area (Å²) >= 11 is 7.03. The molecule has 0 heterocycles. The lowest BCUT2D eigenvalue weighted by molar-refractivity contribution is 1.09. The Morgan fingerprint density at radius 2 is 1.94 bits per heavy atom. The number of thiocarbonyl (C=S) groups is 1. The van der Waals surface area contributed by atoms with Gasteiger partial charge in [-0.2, -0.15) is 0 Å². The molecule has 0 spiro atoms. The standard InChI is InChI=1S/C15H21NS2/c1-5-11(4)18-15(17)16-14-12(6-2)9-8-10-13(14)7-3/h5,8-11H,1,6-7H2,2-4H3,(H,16,17). The van der Waals surface area contributed by atoms with E-state index in [1.54, 1.807) is 11.8 Å². The maximum atomic E-state index is 5.40. The summed E-state index contributed by atoms with van der Waals surface area (Å²) in [5.74, 6) is 0. The largest absolute Gasteiger partial charge is 0.341 e. The van der Waals surface area contributed by atoms with Gasteiger partial charge in [-0.15, -0.1) is 6.58 Å². The predicted molar refractivity (Wildman–Crippen MR) is 88.7 cm³/mol. The van der Waals surface area contributed by atoms with E-state index < -0.39 is 0 Å². The lowest BCUT2D eigenvalue weighted by Crippen LogP contribution is -2.11. The summed E-state index contributed by atoms with van der Waals surface area (Å²) in [6, 6.07) is 6.43. The molecular weight excluding hydrogens is 258 g/mol. The Labute approximate surface area is 120 Å². The minimum Gasteiger partial charge on any atom is -0.341 e. The minimum absolute atomic E-state index is 0.337. The average Bonchev–Trinajstić information content (AvgIpc) is 2.38. The van der Waals surface area contributed by atoms with Gasteiger partial charge in [-0.05, 0) is 30.9 Å². The molecule has 0 saturated carbocycles. The number of benzene rings is 1. The van der Waals surface area contributed by atoms with E-state index >= 15 is 0 Å². The molecule has 98 valence electrons. The first kappa shape index (κ1) is 15.3. The molecule has 1 rings (SSSR count). The highest BCUT2D eigenvalue weighted by molar-refractivity contribution is 8.23. The van der Waals surface area contributed by atoms with E-state index in [4.69, 9.17) is 12.2 Å². The maximum Gasteiger partial charge on any atom is 0.138 e. The van der Waals surface area contributed by atoms with Crippen LogP contribution >= 0.6 is 24.0 Å². The highest BCUT2D eigenvalue weighted by atomic mass is 32.2. The third-order valence-corrected chi connectivity index (χ3v) is 4.12. The molecule has 1 N–H and O–H groups in total. The normalized spacial score (nSPS) is 11.9. The van der Waals surface area contributed by atoms with Crippen molar-refractivity contribution in [3.05, 3.63) is 42.0 Å². The van der Waals surface area contributed by atoms with E-state index in [2.05, 4.69) is 50.9 Å². The molecule has 0 amide bonds. The van der Waals surface area contributed by atoms with Crippen LogP contribution in [0.1, 0.15) is 31.9 Å². The highest BCUT2D eigenvalue weighted by Gasteiger charge is 2.09. The van der Waals surface area contributed by atoms with Crippen LogP contribution in [0, 0.1) is 0 Å². The van der Waals surface area contributed by atoms with Gasteiger partial charge in [0, 0.05) is 10.9 Å². The summed E-state index contributed by atoms with van der Waals surface area (Å²) in [4.78, 5) is 0. The molecule has 0 aliphatic carbocycles. The zero-order valence-electron chi connectivity index (χ0n) is 11.3. The summed E-state index contributed by atoms with van der Waals surface area (Å²) < 4.78 is 0.818. The average molecular weight is 279 g/mol. The van der Waals surface area contributed by atoms with Gasteiger partial charge in [0.05, 0.1) is 0 Å². The first-order valence-corrected chi connectivity index (χ1v) is 7.62. The Morgan fingerprint density at radius 3 is 2.39 bits per heavy atom. The second-order valence-corrected chi connectivity index (χ2v) is 6.18. The van der Waals surface area contributed by atoms with Crippen molar-refractivity contribution in [1.82, 2.24) is 0 Å². The lowest BCUT2D eigenvalue weighted by Gasteiger charge is -2.16. The van der Waals surface area contributed by atoms with Crippen LogP contribution in [0.4, 0.5) is 5.69 Å². The van der Waals surface area contributed by atoms with E-state index in [0.717, 1.165) is 17.2 Å². The minimum atomic E-state index is 0.337. The third kappa shape index (κ3) is 4.14. The monoisotopic (exact) mass is 279 g/mol. The summed E-state index contributed by atoms with van der Waals surface area (Å²) in [5.41, 5.74) is 3.84. The lowest BCUT2D eigenvalue weighted by atomic mass is 10.0. The quantitative estimate of drug-likeness (QED) is 0.613. The van der Waals surface area contributed by atoms with Crippen molar-refractivity contribution in [2.75, 3.05) is 5.32 Å². The molecule has 0 fully saturated rings. The molecule has 0 saturated heterocycles. The summed E-state index contributed by atoms with van der Waals surface area (Å²) in [6.45, 7) is 10.2. The third-order valence-electron chi connectivity index (χ3n) is 2.85. The summed E-state index contributed by atoms with van der Waals surface area (Å²) in [7, 11) is 0. The molecule has 1 nitrogen and oxygen atoms in total. The van der Waals surface area contributed by atoms with Crippen molar-refractivity contribution in [2.24, 2.45) is 0 Å². The molecule has 18 heavy (non-hydrogen) atoms. The van der Waals surface area contributed by atoms with Gasteiger partial charge in [-0.1, -0.05) is 62.1 Å².